The lowest BCUT2D eigenvalue weighted by atomic mass is 9.61. The second-order valence-electron chi connectivity index (χ2n) is 10.5. The van der Waals surface area contributed by atoms with E-state index >= 15 is 0 Å². The number of fused-ring (bicyclic) bond motifs is 1. The van der Waals surface area contributed by atoms with E-state index in [2.05, 4.69) is 49.7 Å². The number of thioether (sulfide) groups is 1. The third kappa shape index (κ3) is 5.08. The number of aliphatic hydroxyl groups is 2. The minimum atomic E-state index is -0.609. The lowest BCUT2D eigenvalue weighted by Crippen LogP contribution is -2.36. The molecule has 2 N–H and O–H groups in total. The van der Waals surface area contributed by atoms with Gasteiger partial charge < -0.3 is 10.2 Å². The van der Waals surface area contributed by atoms with Crippen molar-refractivity contribution >= 4 is 11.8 Å². The van der Waals surface area contributed by atoms with Crippen LogP contribution in [0.15, 0.2) is 64.9 Å². The van der Waals surface area contributed by atoms with Crippen LogP contribution in [0.1, 0.15) is 65.2 Å². The summed E-state index contributed by atoms with van der Waals surface area (Å²) >= 11 is 1.95. The first-order valence-electron chi connectivity index (χ1n) is 12.4. The summed E-state index contributed by atoms with van der Waals surface area (Å²) in [6, 6.07) is 4.21. The van der Waals surface area contributed by atoms with Crippen LogP contribution in [-0.4, -0.2) is 33.2 Å². The van der Waals surface area contributed by atoms with Crippen LogP contribution in [0.3, 0.4) is 0 Å². The second kappa shape index (κ2) is 10.3. The molecule has 1 heterocycles. The average Bonchev–Trinajstić information content (AvgIpc) is 3.13. The summed E-state index contributed by atoms with van der Waals surface area (Å²) < 4.78 is 0. The zero-order valence-corrected chi connectivity index (χ0v) is 20.5. The fourth-order valence-corrected chi connectivity index (χ4v) is 7.72. The number of nitrogens with zero attached hydrogens (tertiary/aromatic N) is 1. The molecule has 1 unspecified atom stereocenters. The van der Waals surface area contributed by atoms with E-state index in [4.69, 9.17) is 0 Å². The summed E-state index contributed by atoms with van der Waals surface area (Å²) in [5.74, 6) is 3.36. The van der Waals surface area contributed by atoms with Crippen LogP contribution in [0.2, 0.25) is 0 Å². The highest BCUT2D eigenvalue weighted by Gasteiger charge is 2.50. The molecular formula is C28H39NO2S. The predicted octanol–water partition coefficient (Wildman–Crippen LogP) is 6.34. The van der Waals surface area contributed by atoms with Crippen LogP contribution < -0.4 is 0 Å². The first-order chi connectivity index (χ1) is 15.4. The van der Waals surface area contributed by atoms with E-state index in [0.717, 1.165) is 23.0 Å². The lowest BCUT2D eigenvalue weighted by Gasteiger charge is -2.44. The van der Waals surface area contributed by atoms with Crippen LogP contribution in [0.5, 0.6) is 0 Å². The Morgan fingerprint density at radius 2 is 2.03 bits per heavy atom. The van der Waals surface area contributed by atoms with Gasteiger partial charge in [-0.25, -0.2) is 0 Å². The van der Waals surface area contributed by atoms with Crippen molar-refractivity contribution in [2.75, 3.05) is 5.75 Å². The van der Waals surface area contributed by atoms with E-state index in [1.807, 2.05) is 24.2 Å². The van der Waals surface area contributed by atoms with Gasteiger partial charge in [0.05, 0.1) is 12.2 Å². The molecule has 174 valence electrons. The van der Waals surface area contributed by atoms with Crippen molar-refractivity contribution in [3.05, 3.63) is 60.0 Å². The van der Waals surface area contributed by atoms with E-state index in [1.165, 1.54) is 49.2 Å². The summed E-state index contributed by atoms with van der Waals surface area (Å²) in [5.41, 5.74) is 3.78. The molecule has 0 amide bonds. The molecule has 3 saturated carbocycles. The number of hydrogen-bond acceptors (Lipinski definition) is 4. The standard InChI is InChI=1S/C28H39NO2S/c1-19(12-16-32-24-10-14-29-15-11-24)25-8-9-26-21(5-4-13-28(25,26)3)6-7-22-17-23(30)18-27(31)20(22)2/h6-7,10-11,14-15,19,23,25-27,30-31H,2,4-5,8-9,12-13,16-18H2,1,3H3/b21-6+,22-7-/t19-,23+,25?,26+,27-,28-/m1/s1. The maximum Gasteiger partial charge on any atom is 0.0811 e. The molecule has 1 aromatic heterocycles. The molecule has 3 aliphatic rings. The van der Waals surface area contributed by atoms with Gasteiger partial charge in [-0.3, -0.25) is 4.98 Å². The van der Waals surface area contributed by atoms with Crippen molar-refractivity contribution in [3.63, 3.8) is 0 Å². The van der Waals surface area contributed by atoms with Gasteiger partial charge in [-0.1, -0.05) is 38.2 Å². The Morgan fingerprint density at radius 1 is 1.25 bits per heavy atom. The molecule has 1 aromatic rings. The molecule has 0 radical (unpaired) electrons. The molecular weight excluding hydrogens is 414 g/mol. The van der Waals surface area contributed by atoms with Gasteiger partial charge in [-0.05, 0) is 97.1 Å². The first-order valence-corrected chi connectivity index (χ1v) is 13.3. The number of rotatable bonds is 6. The van der Waals surface area contributed by atoms with E-state index in [0.29, 0.717) is 24.2 Å². The number of aromatic nitrogens is 1. The molecule has 32 heavy (non-hydrogen) atoms. The molecule has 0 aromatic carbocycles. The Hall–Kier alpha value is -1.36. The van der Waals surface area contributed by atoms with E-state index in [9.17, 15) is 10.2 Å². The highest BCUT2D eigenvalue weighted by atomic mass is 32.2. The highest BCUT2D eigenvalue weighted by Crippen LogP contribution is 2.59. The van der Waals surface area contributed by atoms with Crippen molar-refractivity contribution < 1.29 is 10.2 Å². The summed E-state index contributed by atoms with van der Waals surface area (Å²) in [7, 11) is 0. The SMILES string of the molecule is C=C1/C(=C\C=C2/CCC[C@]3(C)C([C@H](C)CCSc4ccncc4)CC[C@@H]23)C[C@H](O)C[C@H]1O. The zero-order valence-electron chi connectivity index (χ0n) is 19.7. The van der Waals surface area contributed by atoms with Gasteiger partial charge in [-0.2, -0.15) is 0 Å². The van der Waals surface area contributed by atoms with Crippen molar-refractivity contribution in [3.8, 4) is 0 Å². The first kappa shape index (κ1) is 23.8. The molecule has 4 rings (SSSR count). The highest BCUT2D eigenvalue weighted by molar-refractivity contribution is 7.99. The Labute approximate surface area is 198 Å². The normalized spacial score (nSPS) is 36.4. The monoisotopic (exact) mass is 453 g/mol. The molecule has 0 spiro atoms. The summed E-state index contributed by atoms with van der Waals surface area (Å²) in [5, 5.41) is 20.2. The molecule has 3 nitrogen and oxygen atoms in total. The van der Waals surface area contributed by atoms with E-state index < -0.39 is 12.2 Å². The Balaban J connectivity index is 1.41. The smallest absolute Gasteiger partial charge is 0.0811 e. The van der Waals surface area contributed by atoms with Gasteiger partial charge in [0, 0.05) is 23.7 Å². The summed E-state index contributed by atoms with van der Waals surface area (Å²) in [4.78, 5) is 5.43. The van der Waals surface area contributed by atoms with Gasteiger partial charge >= 0.3 is 0 Å². The van der Waals surface area contributed by atoms with Crippen molar-refractivity contribution in [1.29, 1.82) is 0 Å². The second-order valence-corrected chi connectivity index (χ2v) is 11.6. The van der Waals surface area contributed by atoms with Gasteiger partial charge in [0.1, 0.15) is 0 Å². The zero-order chi connectivity index (χ0) is 22.7. The lowest BCUT2D eigenvalue weighted by molar-refractivity contribution is 0.0861. The third-order valence-corrected chi connectivity index (χ3v) is 9.53. The Bertz CT molecular complexity index is 863. The van der Waals surface area contributed by atoms with Crippen LogP contribution in [-0.2, 0) is 0 Å². The molecule has 4 heteroatoms. The molecule has 3 fully saturated rings. The van der Waals surface area contributed by atoms with Gasteiger partial charge in [0.2, 0.25) is 0 Å². The molecule has 0 aliphatic heterocycles. The Morgan fingerprint density at radius 3 is 2.81 bits per heavy atom. The number of allylic oxidation sites excluding steroid dienone is 3. The summed E-state index contributed by atoms with van der Waals surface area (Å²) in [6.45, 7) is 9.10. The fraction of sp³-hybridized carbons (Fsp3) is 0.607. The number of pyridine rings is 1. The molecule has 0 saturated heterocycles. The number of hydrogen-bond donors (Lipinski definition) is 2. The van der Waals surface area contributed by atoms with Crippen molar-refractivity contribution in [1.82, 2.24) is 4.98 Å². The van der Waals surface area contributed by atoms with Gasteiger partial charge in [0.15, 0.2) is 0 Å². The van der Waals surface area contributed by atoms with E-state index in [1.54, 1.807) is 5.57 Å². The topological polar surface area (TPSA) is 53.4 Å². The van der Waals surface area contributed by atoms with Crippen molar-refractivity contribution in [2.24, 2.45) is 23.2 Å². The van der Waals surface area contributed by atoms with Gasteiger partial charge in [0.25, 0.3) is 0 Å². The van der Waals surface area contributed by atoms with Crippen LogP contribution >= 0.6 is 11.8 Å². The quantitative estimate of drug-likeness (QED) is 0.493. The Kier molecular flexibility index (Phi) is 7.64. The maximum atomic E-state index is 10.2. The predicted molar refractivity (Wildman–Crippen MR) is 133 cm³/mol. The largest absolute Gasteiger partial charge is 0.393 e. The molecule has 6 atom stereocenters. The maximum absolute atomic E-state index is 10.2. The molecule has 0 bridgehead atoms. The third-order valence-electron chi connectivity index (χ3n) is 8.48. The molecule has 3 aliphatic carbocycles. The van der Waals surface area contributed by atoms with Gasteiger partial charge in [-0.15, -0.1) is 11.8 Å². The fourth-order valence-electron chi connectivity index (χ4n) is 6.68. The average molecular weight is 454 g/mol. The minimum absolute atomic E-state index is 0.395. The number of aliphatic hydroxyl groups excluding tert-OH is 2. The van der Waals surface area contributed by atoms with Crippen LogP contribution in [0.25, 0.3) is 0 Å². The van der Waals surface area contributed by atoms with Crippen LogP contribution in [0.4, 0.5) is 0 Å². The summed E-state index contributed by atoms with van der Waals surface area (Å²) in [6.07, 6.45) is 15.8. The van der Waals surface area contributed by atoms with E-state index in [-0.39, 0.29) is 0 Å². The minimum Gasteiger partial charge on any atom is -0.393 e. The van der Waals surface area contributed by atoms with Crippen LogP contribution in [0, 0.1) is 23.2 Å². The van der Waals surface area contributed by atoms with Crippen molar-refractivity contribution in [2.45, 2.75) is 82.3 Å².